The Labute approximate surface area is 124 Å². The highest BCUT2D eigenvalue weighted by Gasteiger charge is 2.26. The van der Waals surface area contributed by atoms with Crippen molar-refractivity contribution in [3.8, 4) is 0 Å². The monoisotopic (exact) mass is 296 g/mol. The SMILES string of the molecule is CCCCC1CCC(C(=O)Nc2ccc(F)nc2F)CC1. The van der Waals surface area contributed by atoms with Crippen molar-refractivity contribution in [2.24, 2.45) is 11.8 Å². The van der Waals surface area contributed by atoms with Gasteiger partial charge in [0.15, 0.2) is 0 Å². The van der Waals surface area contributed by atoms with E-state index in [1.165, 1.54) is 25.3 Å². The molecule has 0 atom stereocenters. The highest BCUT2D eigenvalue weighted by atomic mass is 19.1. The number of nitrogens with zero attached hydrogens (tertiary/aromatic N) is 1. The number of unbranched alkanes of at least 4 members (excludes halogenated alkanes) is 1. The summed E-state index contributed by atoms with van der Waals surface area (Å²) in [6.07, 6.45) is 7.49. The molecule has 0 spiro atoms. The van der Waals surface area contributed by atoms with Crippen LogP contribution in [0.4, 0.5) is 14.5 Å². The molecule has 0 unspecified atom stereocenters. The maximum atomic E-state index is 13.4. The Morgan fingerprint density at radius 2 is 2.00 bits per heavy atom. The maximum absolute atomic E-state index is 13.4. The number of pyridine rings is 1. The summed E-state index contributed by atoms with van der Waals surface area (Å²) in [5.74, 6) is -1.40. The quantitative estimate of drug-likeness (QED) is 0.823. The number of rotatable bonds is 5. The molecule has 0 saturated heterocycles. The minimum Gasteiger partial charge on any atom is -0.322 e. The molecule has 1 N–H and O–H groups in total. The third kappa shape index (κ3) is 4.48. The molecule has 1 aliphatic carbocycles. The van der Waals surface area contributed by atoms with Gasteiger partial charge >= 0.3 is 0 Å². The number of nitrogens with one attached hydrogen (secondary N) is 1. The van der Waals surface area contributed by atoms with Gasteiger partial charge in [0.25, 0.3) is 0 Å². The Morgan fingerprint density at radius 1 is 1.29 bits per heavy atom. The van der Waals surface area contributed by atoms with Crippen molar-refractivity contribution in [2.75, 3.05) is 5.32 Å². The molecule has 5 heteroatoms. The summed E-state index contributed by atoms with van der Waals surface area (Å²) >= 11 is 0. The Kier molecular flexibility index (Phi) is 5.65. The molecule has 1 aromatic rings. The molecular weight excluding hydrogens is 274 g/mol. The smallest absolute Gasteiger partial charge is 0.239 e. The van der Waals surface area contributed by atoms with Crippen molar-refractivity contribution in [3.05, 3.63) is 24.0 Å². The predicted octanol–water partition coefficient (Wildman–Crippen LogP) is 4.29. The third-order valence-corrected chi connectivity index (χ3v) is 4.26. The van der Waals surface area contributed by atoms with E-state index in [9.17, 15) is 13.6 Å². The van der Waals surface area contributed by atoms with Gasteiger partial charge in [0.1, 0.15) is 0 Å². The first-order chi connectivity index (χ1) is 10.1. The molecule has 2 rings (SSSR count). The fourth-order valence-electron chi connectivity index (χ4n) is 2.95. The van der Waals surface area contributed by atoms with E-state index in [1.807, 2.05) is 0 Å². The molecule has 1 heterocycles. The fraction of sp³-hybridized carbons (Fsp3) is 0.625. The molecular formula is C16H22F2N2O. The second-order valence-electron chi connectivity index (χ2n) is 5.82. The van der Waals surface area contributed by atoms with E-state index >= 15 is 0 Å². The summed E-state index contributed by atoms with van der Waals surface area (Å²) in [6, 6.07) is 2.25. The average molecular weight is 296 g/mol. The highest BCUT2D eigenvalue weighted by molar-refractivity contribution is 5.92. The predicted molar refractivity (Wildman–Crippen MR) is 77.8 cm³/mol. The van der Waals surface area contributed by atoms with Crippen LogP contribution in [0.1, 0.15) is 51.9 Å². The lowest BCUT2D eigenvalue weighted by atomic mass is 9.79. The molecule has 1 saturated carbocycles. The third-order valence-electron chi connectivity index (χ3n) is 4.26. The molecule has 116 valence electrons. The van der Waals surface area contributed by atoms with Gasteiger partial charge in [-0.15, -0.1) is 0 Å². The van der Waals surface area contributed by atoms with Crippen LogP contribution in [0, 0.1) is 23.7 Å². The molecule has 0 aromatic carbocycles. The number of halogens is 2. The second-order valence-corrected chi connectivity index (χ2v) is 5.82. The Bertz CT molecular complexity index is 485. The van der Waals surface area contributed by atoms with Crippen LogP contribution in [0.15, 0.2) is 12.1 Å². The highest BCUT2D eigenvalue weighted by Crippen LogP contribution is 2.32. The van der Waals surface area contributed by atoms with Gasteiger partial charge < -0.3 is 5.32 Å². The Balaban J connectivity index is 1.84. The summed E-state index contributed by atoms with van der Waals surface area (Å²) in [7, 11) is 0. The van der Waals surface area contributed by atoms with Crippen molar-refractivity contribution < 1.29 is 13.6 Å². The summed E-state index contributed by atoms with van der Waals surface area (Å²) in [6.45, 7) is 2.18. The van der Waals surface area contributed by atoms with Gasteiger partial charge in [-0.25, -0.2) is 0 Å². The minimum atomic E-state index is -0.972. The normalized spacial score (nSPS) is 22.0. The van der Waals surface area contributed by atoms with Gasteiger partial charge in [0.05, 0.1) is 5.69 Å². The molecule has 21 heavy (non-hydrogen) atoms. The topological polar surface area (TPSA) is 42.0 Å². The molecule has 3 nitrogen and oxygen atoms in total. The zero-order chi connectivity index (χ0) is 15.2. The van der Waals surface area contributed by atoms with Crippen LogP contribution in [-0.4, -0.2) is 10.9 Å². The van der Waals surface area contributed by atoms with Crippen molar-refractivity contribution in [1.82, 2.24) is 4.98 Å². The summed E-state index contributed by atoms with van der Waals surface area (Å²) in [5.41, 5.74) is -0.0468. The average Bonchev–Trinajstić information content (AvgIpc) is 2.48. The number of hydrogen-bond acceptors (Lipinski definition) is 2. The number of hydrogen-bond donors (Lipinski definition) is 1. The summed E-state index contributed by atoms with van der Waals surface area (Å²) in [4.78, 5) is 15.2. The lowest BCUT2D eigenvalue weighted by Gasteiger charge is -2.27. The van der Waals surface area contributed by atoms with E-state index in [0.717, 1.165) is 37.7 Å². The minimum absolute atomic E-state index is 0.0468. The van der Waals surface area contributed by atoms with Gasteiger partial charge in [-0.3, -0.25) is 4.79 Å². The standard InChI is InChI=1S/C16H22F2N2O/c1-2-3-4-11-5-7-12(8-6-11)16(21)19-13-9-10-14(17)20-15(13)18/h9-12H,2-8H2,1H3,(H,19,21). The van der Waals surface area contributed by atoms with Crippen molar-refractivity contribution >= 4 is 11.6 Å². The summed E-state index contributed by atoms with van der Waals surface area (Å²) in [5, 5.41) is 2.52. The number of aromatic nitrogens is 1. The molecule has 1 amide bonds. The van der Waals surface area contributed by atoms with Crippen LogP contribution >= 0.6 is 0 Å². The molecule has 0 radical (unpaired) electrons. The Morgan fingerprint density at radius 3 is 2.62 bits per heavy atom. The van der Waals surface area contributed by atoms with Gasteiger partial charge in [-0.1, -0.05) is 26.2 Å². The second kappa shape index (κ2) is 7.48. The zero-order valence-electron chi connectivity index (χ0n) is 12.4. The molecule has 1 aromatic heterocycles. The zero-order valence-corrected chi connectivity index (χ0v) is 12.4. The maximum Gasteiger partial charge on any atom is 0.239 e. The van der Waals surface area contributed by atoms with Crippen LogP contribution in [0.25, 0.3) is 0 Å². The van der Waals surface area contributed by atoms with Crippen LogP contribution in [-0.2, 0) is 4.79 Å². The van der Waals surface area contributed by atoms with Crippen molar-refractivity contribution in [3.63, 3.8) is 0 Å². The van der Waals surface area contributed by atoms with E-state index in [4.69, 9.17) is 0 Å². The largest absolute Gasteiger partial charge is 0.322 e. The molecule has 0 bridgehead atoms. The summed E-state index contributed by atoms with van der Waals surface area (Å²) < 4.78 is 26.1. The first-order valence-electron chi connectivity index (χ1n) is 7.73. The van der Waals surface area contributed by atoms with E-state index < -0.39 is 11.9 Å². The number of anilines is 1. The van der Waals surface area contributed by atoms with E-state index in [1.54, 1.807) is 0 Å². The molecule has 1 fully saturated rings. The first-order valence-corrected chi connectivity index (χ1v) is 7.73. The van der Waals surface area contributed by atoms with Crippen LogP contribution in [0.2, 0.25) is 0 Å². The van der Waals surface area contributed by atoms with E-state index in [-0.39, 0.29) is 17.5 Å². The van der Waals surface area contributed by atoms with Crippen LogP contribution in [0.5, 0.6) is 0 Å². The molecule has 1 aliphatic rings. The van der Waals surface area contributed by atoms with Gasteiger partial charge in [0.2, 0.25) is 17.8 Å². The van der Waals surface area contributed by atoms with Gasteiger partial charge in [-0.2, -0.15) is 13.8 Å². The number of carbonyl (C=O) groups excluding carboxylic acids is 1. The van der Waals surface area contributed by atoms with E-state index in [2.05, 4.69) is 17.2 Å². The van der Waals surface area contributed by atoms with Crippen molar-refractivity contribution in [1.29, 1.82) is 0 Å². The van der Waals surface area contributed by atoms with Crippen molar-refractivity contribution in [2.45, 2.75) is 51.9 Å². The molecule has 0 aliphatic heterocycles. The number of carbonyl (C=O) groups is 1. The van der Waals surface area contributed by atoms with E-state index in [0.29, 0.717) is 0 Å². The lowest BCUT2D eigenvalue weighted by Crippen LogP contribution is -2.27. The lowest BCUT2D eigenvalue weighted by molar-refractivity contribution is -0.121. The van der Waals surface area contributed by atoms with Crippen LogP contribution in [0.3, 0.4) is 0 Å². The number of amides is 1. The van der Waals surface area contributed by atoms with Gasteiger partial charge in [0, 0.05) is 5.92 Å². The van der Waals surface area contributed by atoms with Gasteiger partial charge in [-0.05, 0) is 43.7 Å². The fourth-order valence-corrected chi connectivity index (χ4v) is 2.95. The van der Waals surface area contributed by atoms with Crippen LogP contribution < -0.4 is 5.32 Å². The Hall–Kier alpha value is -1.52. The first kappa shape index (κ1) is 15.9.